The Morgan fingerprint density at radius 1 is 0.719 bits per heavy atom. The summed E-state index contributed by atoms with van der Waals surface area (Å²) in [6, 6.07) is 0. The topological polar surface area (TPSA) is 88.1 Å². The molecule has 184 valence electrons. The number of ether oxygens (including phenoxy) is 4. The lowest BCUT2D eigenvalue weighted by Gasteiger charge is -2.35. The van der Waals surface area contributed by atoms with Gasteiger partial charge in [0, 0.05) is 22.3 Å². The summed E-state index contributed by atoms with van der Waals surface area (Å²) < 4.78 is 21.5. The summed E-state index contributed by atoms with van der Waals surface area (Å²) in [4.78, 5) is 36.5. The molecular weight excluding hydrogens is 452 g/mol. The van der Waals surface area contributed by atoms with E-state index in [1.807, 2.05) is 13.8 Å². The van der Waals surface area contributed by atoms with Crippen LogP contribution in [0.2, 0.25) is 0 Å². The van der Waals surface area contributed by atoms with Crippen molar-refractivity contribution in [2.75, 3.05) is 13.2 Å². The van der Waals surface area contributed by atoms with Crippen LogP contribution in [-0.2, 0) is 18.9 Å². The molecule has 2 rings (SSSR count). The van der Waals surface area contributed by atoms with Gasteiger partial charge in [-0.2, -0.15) is 0 Å². The van der Waals surface area contributed by atoms with Crippen LogP contribution >= 0.6 is 23.5 Å². The minimum absolute atomic E-state index is 0.0757. The highest BCUT2D eigenvalue weighted by Gasteiger charge is 2.37. The summed E-state index contributed by atoms with van der Waals surface area (Å²) in [7, 11) is 0. The monoisotopic (exact) mass is 490 g/mol. The molecule has 0 amide bonds. The highest BCUT2D eigenvalue weighted by Crippen LogP contribution is 2.39. The molecule has 6 unspecified atom stereocenters. The molecule has 32 heavy (non-hydrogen) atoms. The van der Waals surface area contributed by atoms with Gasteiger partial charge in [-0.25, -0.2) is 14.4 Å². The Morgan fingerprint density at radius 2 is 1.09 bits per heavy atom. The Balaban J connectivity index is 1.88. The maximum absolute atomic E-state index is 12.6. The predicted molar refractivity (Wildman–Crippen MR) is 127 cm³/mol. The van der Waals surface area contributed by atoms with E-state index in [1.165, 1.54) is 23.5 Å². The first-order valence-electron chi connectivity index (χ1n) is 11.9. The molecule has 0 aliphatic heterocycles. The molecular formula is C23H38O7S2. The van der Waals surface area contributed by atoms with Crippen LogP contribution in [0.15, 0.2) is 0 Å². The van der Waals surface area contributed by atoms with Gasteiger partial charge in [0.1, 0.15) is 12.2 Å². The van der Waals surface area contributed by atoms with Crippen molar-refractivity contribution in [2.45, 2.75) is 102 Å². The molecule has 9 heteroatoms. The lowest BCUT2D eigenvalue weighted by atomic mass is 9.85. The molecule has 0 aromatic carbocycles. The van der Waals surface area contributed by atoms with Crippen molar-refractivity contribution < 1.29 is 33.3 Å². The maximum Gasteiger partial charge on any atom is 0.508 e. The predicted octanol–water partition coefficient (Wildman–Crippen LogP) is 6.81. The first-order chi connectivity index (χ1) is 15.3. The maximum atomic E-state index is 12.6. The number of hydrogen-bond acceptors (Lipinski definition) is 9. The molecule has 0 N–H and O–H groups in total. The van der Waals surface area contributed by atoms with E-state index >= 15 is 0 Å². The molecule has 2 fully saturated rings. The van der Waals surface area contributed by atoms with E-state index in [0.29, 0.717) is 13.2 Å². The van der Waals surface area contributed by atoms with E-state index in [-0.39, 0.29) is 45.1 Å². The average Bonchev–Trinajstić information content (AvgIpc) is 2.74. The van der Waals surface area contributed by atoms with Crippen LogP contribution in [0, 0.1) is 11.8 Å². The van der Waals surface area contributed by atoms with E-state index in [1.54, 1.807) is 13.8 Å². The Kier molecular flexibility index (Phi) is 12.1. The minimum Gasteiger partial charge on any atom is -0.458 e. The van der Waals surface area contributed by atoms with Crippen molar-refractivity contribution in [3.63, 3.8) is 0 Å². The summed E-state index contributed by atoms with van der Waals surface area (Å²) in [5.41, 5.74) is 0. The fraction of sp³-hybridized carbons (Fsp3) is 0.870. The molecule has 0 aromatic heterocycles. The van der Waals surface area contributed by atoms with Gasteiger partial charge in [-0.15, -0.1) is 0 Å². The lowest BCUT2D eigenvalue weighted by molar-refractivity contribution is -0.0280. The van der Waals surface area contributed by atoms with Gasteiger partial charge in [-0.05, 0) is 76.9 Å². The van der Waals surface area contributed by atoms with Crippen molar-refractivity contribution in [2.24, 2.45) is 11.8 Å². The lowest BCUT2D eigenvalue weighted by Crippen LogP contribution is -2.38. The van der Waals surface area contributed by atoms with Gasteiger partial charge in [0.25, 0.3) is 0 Å². The summed E-state index contributed by atoms with van der Waals surface area (Å²) in [6.07, 6.45) is 6.47. The van der Waals surface area contributed by atoms with Crippen LogP contribution < -0.4 is 0 Å². The van der Waals surface area contributed by atoms with Crippen LogP contribution in [0.3, 0.4) is 0 Å². The Labute approximate surface area is 200 Å². The normalized spacial score (nSPS) is 27.6. The average molecular weight is 491 g/mol. The quantitative estimate of drug-likeness (QED) is 0.269. The summed E-state index contributed by atoms with van der Waals surface area (Å²) in [6.45, 7) is 8.05. The van der Waals surface area contributed by atoms with Crippen molar-refractivity contribution in [3.8, 4) is 0 Å². The van der Waals surface area contributed by atoms with Gasteiger partial charge in [-0.3, -0.25) is 0 Å². The third-order valence-electron chi connectivity index (χ3n) is 6.30. The van der Waals surface area contributed by atoms with Gasteiger partial charge in [-0.1, -0.05) is 25.7 Å². The number of thioether (sulfide) groups is 2. The zero-order valence-electron chi connectivity index (χ0n) is 19.7. The largest absolute Gasteiger partial charge is 0.508 e. The molecule has 2 aliphatic rings. The summed E-state index contributed by atoms with van der Waals surface area (Å²) in [5.74, 6) is 0.172. The molecule has 2 aliphatic carbocycles. The Bertz CT molecular complexity index is 565. The molecule has 0 saturated heterocycles. The van der Waals surface area contributed by atoms with E-state index < -0.39 is 6.16 Å². The second-order valence-electron chi connectivity index (χ2n) is 8.47. The van der Waals surface area contributed by atoms with Crippen LogP contribution in [-0.4, -0.2) is 52.7 Å². The van der Waals surface area contributed by atoms with Gasteiger partial charge < -0.3 is 18.9 Å². The molecule has 0 bridgehead atoms. The van der Waals surface area contributed by atoms with Crippen LogP contribution in [0.4, 0.5) is 14.4 Å². The number of carbonyl (C=O) groups is 3. The zero-order chi connectivity index (χ0) is 23.5. The van der Waals surface area contributed by atoms with E-state index in [4.69, 9.17) is 18.9 Å². The molecule has 0 heterocycles. The molecule has 7 nitrogen and oxygen atoms in total. The summed E-state index contributed by atoms with van der Waals surface area (Å²) in [5, 5.41) is -0.385. The molecule has 0 radical (unpaired) electrons. The van der Waals surface area contributed by atoms with Crippen LogP contribution in [0.25, 0.3) is 0 Å². The second kappa shape index (κ2) is 14.2. The van der Waals surface area contributed by atoms with Gasteiger partial charge in [0.05, 0.1) is 13.2 Å². The third kappa shape index (κ3) is 8.69. The summed E-state index contributed by atoms with van der Waals surface area (Å²) >= 11 is 2.43. The Hall–Kier alpha value is -1.09. The SMILES string of the molecule is CCOC(=O)SC1CCCCC1C(C)OC(=O)OC(C)C1CCCCC1SC(=O)OCC. The zero-order valence-corrected chi connectivity index (χ0v) is 21.3. The number of carbonyl (C=O) groups excluding carboxylic acids is 3. The third-order valence-corrected chi connectivity index (χ3v) is 8.69. The standard InChI is InChI=1S/C23H38O7S2/c1-5-27-22(25)31-19-13-9-7-11-17(19)15(3)29-21(24)30-16(4)18-12-8-10-14-20(18)32-23(26)28-6-2/h15-20H,5-14H2,1-4H3. The number of hydrogen-bond donors (Lipinski definition) is 0. The van der Waals surface area contributed by atoms with Crippen molar-refractivity contribution in [3.05, 3.63) is 0 Å². The van der Waals surface area contributed by atoms with Gasteiger partial charge >= 0.3 is 16.8 Å². The highest BCUT2D eigenvalue weighted by molar-refractivity contribution is 8.14. The van der Waals surface area contributed by atoms with Crippen molar-refractivity contribution >= 4 is 40.3 Å². The van der Waals surface area contributed by atoms with Gasteiger partial charge in [0.2, 0.25) is 0 Å². The van der Waals surface area contributed by atoms with Crippen molar-refractivity contribution in [1.29, 1.82) is 0 Å². The molecule has 6 atom stereocenters. The van der Waals surface area contributed by atoms with E-state index in [0.717, 1.165) is 51.4 Å². The Morgan fingerprint density at radius 3 is 1.47 bits per heavy atom. The molecule has 0 aromatic rings. The number of rotatable bonds is 8. The van der Waals surface area contributed by atoms with Crippen molar-refractivity contribution in [1.82, 2.24) is 0 Å². The first kappa shape index (κ1) is 27.2. The highest BCUT2D eigenvalue weighted by atomic mass is 32.2. The van der Waals surface area contributed by atoms with E-state index in [9.17, 15) is 14.4 Å². The van der Waals surface area contributed by atoms with Gasteiger partial charge in [0.15, 0.2) is 0 Å². The first-order valence-corrected chi connectivity index (χ1v) is 13.7. The van der Waals surface area contributed by atoms with Crippen LogP contribution in [0.5, 0.6) is 0 Å². The van der Waals surface area contributed by atoms with Crippen LogP contribution in [0.1, 0.15) is 79.1 Å². The molecule has 0 spiro atoms. The fourth-order valence-corrected chi connectivity index (χ4v) is 7.17. The molecule has 2 saturated carbocycles. The minimum atomic E-state index is -0.680. The smallest absolute Gasteiger partial charge is 0.458 e. The van der Waals surface area contributed by atoms with E-state index in [2.05, 4.69) is 0 Å². The second-order valence-corrected chi connectivity index (χ2v) is 10.8. The fourth-order valence-electron chi connectivity index (χ4n) is 4.67.